The van der Waals surface area contributed by atoms with Gasteiger partial charge in [-0.15, -0.1) is 23.7 Å². The smallest absolute Gasteiger partial charge is 0.261 e. The van der Waals surface area contributed by atoms with Crippen LogP contribution in [0.2, 0.25) is 0 Å². The second-order valence-corrected chi connectivity index (χ2v) is 6.09. The highest BCUT2D eigenvalue weighted by atomic mass is 35.5. The monoisotopic (exact) mass is 314 g/mol. The Morgan fingerprint density at radius 3 is 3.05 bits per heavy atom. The van der Waals surface area contributed by atoms with E-state index in [1.807, 2.05) is 24.7 Å². The van der Waals surface area contributed by atoms with Gasteiger partial charge in [0.1, 0.15) is 4.83 Å². The number of piperidine rings is 1. The van der Waals surface area contributed by atoms with Gasteiger partial charge in [0.25, 0.3) is 5.91 Å². The Labute approximate surface area is 128 Å². The van der Waals surface area contributed by atoms with E-state index in [4.69, 9.17) is 0 Å². The summed E-state index contributed by atoms with van der Waals surface area (Å²) < 4.78 is 1.84. The lowest BCUT2D eigenvalue weighted by Crippen LogP contribution is -2.45. The minimum atomic E-state index is 0. The second kappa shape index (κ2) is 6.11. The number of rotatable bonds is 2. The van der Waals surface area contributed by atoms with Crippen LogP contribution in [0.5, 0.6) is 0 Å². The maximum absolute atomic E-state index is 12.2. The predicted molar refractivity (Wildman–Crippen MR) is 83.9 cm³/mol. The highest BCUT2D eigenvalue weighted by Gasteiger charge is 2.19. The molecular formula is C13H19ClN4OS. The summed E-state index contributed by atoms with van der Waals surface area (Å²) in [5, 5.41) is 11.8. The fraction of sp³-hybridized carbons (Fsp3) is 0.538. The van der Waals surface area contributed by atoms with Crippen LogP contribution < -0.4 is 10.6 Å². The molecule has 3 heterocycles. The Balaban J connectivity index is 0.00000147. The van der Waals surface area contributed by atoms with E-state index in [0.717, 1.165) is 46.7 Å². The molecular weight excluding hydrogens is 296 g/mol. The molecule has 0 saturated carbocycles. The molecule has 2 aromatic heterocycles. The lowest BCUT2D eigenvalue weighted by atomic mass is 10.1. The van der Waals surface area contributed by atoms with Crippen molar-refractivity contribution in [1.29, 1.82) is 0 Å². The number of nitrogens with one attached hydrogen (secondary N) is 2. The van der Waals surface area contributed by atoms with Crippen molar-refractivity contribution >= 4 is 39.9 Å². The van der Waals surface area contributed by atoms with E-state index in [0.29, 0.717) is 0 Å². The van der Waals surface area contributed by atoms with Crippen LogP contribution >= 0.6 is 23.7 Å². The fourth-order valence-corrected chi connectivity index (χ4v) is 3.57. The molecule has 0 unspecified atom stereocenters. The molecule has 7 heteroatoms. The molecule has 1 fully saturated rings. The highest BCUT2D eigenvalue weighted by Crippen LogP contribution is 2.27. The van der Waals surface area contributed by atoms with Crippen LogP contribution in [-0.4, -0.2) is 34.8 Å². The molecule has 0 aliphatic carbocycles. The van der Waals surface area contributed by atoms with Crippen LogP contribution in [0.3, 0.4) is 0 Å². The third-order valence-electron chi connectivity index (χ3n) is 3.55. The number of hydrogen-bond acceptors (Lipinski definition) is 4. The van der Waals surface area contributed by atoms with E-state index in [1.165, 1.54) is 11.3 Å². The Morgan fingerprint density at radius 2 is 2.40 bits per heavy atom. The van der Waals surface area contributed by atoms with E-state index >= 15 is 0 Å². The maximum Gasteiger partial charge on any atom is 0.261 e. The van der Waals surface area contributed by atoms with Gasteiger partial charge in [0.2, 0.25) is 0 Å². The summed E-state index contributed by atoms with van der Waals surface area (Å²) in [4.78, 5) is 14.1. The molecule has 0 radical (unpaired) electrons. The third kappa shape index (κ3) is 2.82. The third-order valence-corrected chi connectivity index (χ3v) is 4.75. The number of hydrogen-bond donors (Lipinski definition) is 2. The molecule has 110 valence electrons. The van der Waals surface area contributed by atoms with Crippen LogP contribution in [0, 0.1) is 6.92 Å². The lowest BCUT2D eigenvalue weighted by Gasteiger charge is -2.23. The summed E-state index contributed by atoms with van der Waals surface area (Å²) in [5.74, 6) is 0.0364. The molecule has 1 saturated heterocycles. The summed E-state index contributed by atoms with van der Waals surface area (Å²) in [6.45, 7) is 3.90. The summed E-state index contributed by atoms with van der Waals surface area (Å²) in [6, 6.07) is 2.21. The van der Waals surface area contributed by atoms with E-state index in [2.05, 4.69) is 15.7 Å². The van der Waals surface area contributed by atoms with E-state index in [-0.39, 0.29) is 24.4 Å². The largest absolute Gasteiger partial charge is 0.347 e. The van der Waals surface area contributed by atoms with Gasteiger partial charge in [0.15, 0.2) is 0 Å². The molecule has 1 aliphatic heterocycles. The van der Waals surface area contributed by atoms with Crippen molar-refractivity contribution in [2.45, 2.75) is 25.8 Å². The van der Waals surface area contributed by atoms with Crippen molar-refractivity contribution in [3.05, 3.63) is 16.6 Å². The first-order valence-electron chi connectivity index (χ1n) is 6.60. The summed E-state index contributed by atoms with van der Waals surface area (Å²) in [7, 11) is 1.92. The van der Waals surface area contributed by atoms with E-state index in [1.54, 1.807) is 0 Å². The fourth-order valence-electron chi connectivity index (χ4n) is 2.55. The number of carbonyl (C=O) groups excluding carboxylic acids is 1. The lowest BCUT2D eigenvalue weighted by molar-refractivity contribution is 0.0935. The van der Waals surface area contributed by atoms with Gasteiger partial charge >= 0.3 is 0 Å². The first kappa shape index (κ1) is 15.3. The molecule has 0 spiro atoms. The number of aryl methyl sites for hydroxylation is 2. The number of nitrogens with zero attached hydrogens (tertiary/aromatic N) is 2. The maximum atomic E-state index is 12.2. The highest BCUT2D eigenvalue weighted by molar-refractivity contribution is 7.20. The zero-order chi connectivity index (χ0) is 13.4. The van der Waals surface area contributed by atoms with Crippen molar-refractivity contribution < 1.29 is 4.79 Å². The van der Waals surface area contributed by atoms with E-state index in [9.17, 15) is 4.79 Å². The van der Waals surface area contributed by atoms with Crippen molar-refractivity contribution in [3.8, 4) is 0 Å². The van der Waals surface area contributed by atoms with Crippen LogP contribution in [0.15, 0.2) is 6.07 Å². The van der Waals surface area contributed by atoms with Gasteiger partial charge in [-0.1, -0.05) is 0 Å². The van der Waals surface area contributed by atoms with Crippen LogP contribution in [0.25, 0.3) is 10.2 Å². The molecule has 0 aromatic carbocycles. The van der Waals surface area contributed by atoms with Crippen LogP contribution in [0.4, 0.5) is 0 Å². The van der Waals surface area contributed by atoms with Crippen LogP contribution in [-0.2, 0) is 7.05 Å². The first-order chi connectivity index (χ1) is 9.15. The normalized spacial score (nSPS) is 18.8. The van der Waals surface area contributed by atoms with Crippen molar-refractivity contribution in [1.82, 2.24) is 20.4 Å². The molecule has 1 amide bonds. The molecule has 2 aromatic rings. The summed E-state index contributed by atoms with van der Waals surface area (Å²) >= 11 is 1.51. The van der Waals surface area contributed by atoms with E-state index < -0.39 is 0 Å². The summed E-state index contributed by atoms with van der Waals surface area (Å²) in [5.41, 5.74) is 0.979. The number of halogens is 1. The van der Waals surface area contributed by atoms with Crippen molar-refractivity contribution in [2.24, 2.45) is 7.05 Å². The predicted octanol–water partition coefficient (Wildman–Crippen LogP) is 1.85. The van der Waals surface area contributed by atoms with Gasteiger partial charge in [-0.25, -0.2) is 0 Å². The number of fused-ring (bicyclic) bond motifs is 1. The molecule has 0 bridgehead atoms. The topological polar surface area (TPSA) is 59.0 Å². The van der Waals surface area contributed by atoms with Crippen LogP contribution in [0.1, 0.15) is 28.2 Å². The number of carbonyl (C=O) groups is 1. The molecule has 2 N–H and O–H groups in total. The van der Waals surface area contributed by atoms with Crippen molar-refractivity contribution in [2.75, 3.05) is 13.1 Å². The molecule has 1 atom stereocenters. The zero-order valence-electron chi connectivity index (χ0n) is 11.6. The van der Waals surface area contributed by atoms with Gasteiger partial charge in [0.05, 0.1) is 10.6 Å². The molecule has 1 aliphatic rings. The van der Waals surface area contributed by atoms with Gasteiger partial charge in [-0.2, -0.15) is 5.10 Å². The number of amides is 1. The standard InChI is InChI=1S/C13H18N4OS.ClH/c1-8-10-6-11(19-13(10)17(2)16-8)12(18)15-9-4-3-5-14-7-9;/h6,9,14H,3-5,7H2,1-2H3,(H,15,18);1H/t9-;/m0./s1. The van der Waals surface area contributed by atoms with Gasteiger partial charge in [-0.05, 0) is 32.4 Å². The Bertz CT molecular complexity index is 581. The molecule has 5 nitrogen and oxygen atoms in total. The van der Waals surface area contributed by atoms with Gasteiger partial charge in [-0.3, -0.25) is 9.48 Å². The Hall–Kier alpha value is -1.11. The average Bonchev–Trinajstić information content (AvgIpc) is 2.94. The Kier molecular flexibility index (Phi) is 4.67. The second-order valence-electron chi connectivity index (χ2n) is 5.06. The molecule has 20 heavy (non-hydrogen) atoms. The van der Waals surface area contributed by atoms with Gasteiger partial charge in [0, 0.05) is 25.0 Å². The first-order valence-corrected chi connectivity index (χ1v) is 7.41. The SMILES string of the molecule is Cc1nn(C)c2sc(C(=O)N[C@H]3CCCNC3)cc12.Cl. The Morgan fingerprint density at radius 1 is 1.60 bits per heavy atom. The quantitative estimate of drug-likeness (QED) is 0.889. The molecule has 3 rings (SSSR count). The summed E-state index contributed by atoms with van der Waals surface area (Å²) in [6.07, 6.45) is 2.19. The average molecular weight is 315 g/mol. The minimum absolute atomic E-state index is 0. The minimum Gasteiger partial charge on any atom is -0.347 e. The van der Waals surface area contributed by atoms with Gasteiger partial charge < -0.3 is 10.6 Å². The number of aromatic nitrogens is 2. The van der Waals surface area contributed by atoms with Crippen molar-refractivity contribution in [3.63, 3.8) is 0 Å². The zero-order valence-corrected chi connectivity index (χ0v) is 13.2. The number of thiophene rings is 1.